The van der Waals surface area contributed by atoms with Crippen LogP contribution in [0.5, 0.6) is 0 Å². The summed E-state index contributed by atoms with van der Waals surface area (Å²) < 4.78 is 0. The van der Waals surface area contributed by atoms with Gasteiger partial charge in [0.2, 0.25) is 0 Å². The summed E-state index contributed by atoms with van der Waals surface area (Å²) in [7, 11) is 4.31. The van der Waals surface area contributed by atoms with Crippen molar-refractivity contribution in [2.24, 2.45) is 17.6 Å². The molecular weight excluding hydrogens is 234 g/mol. The van der Waals surface area contributed by atoms with Crippen molar-refractivity contribution in [3.63, 3.8) is 0 Å². The van der Waals surface area contributed by atoms with Crippen molar-refractivity contribution in [2.45, 2.75) is 52.0 Å². The predicted molar refractivity (Wildman–Crippen MR) is 84.4 cm³/mol. The van der Waals surface area contributed by atoms with Crippen molar-refractivity contribution < 1.29 is 0 Å². The summed E-state index contributed by atoms with van der Waals surface area (Å²) in [6.45, 7) is 8.99. The summed E-state index contributed by atoms with van der Waals surface area (Å²) in [6, 6.07) is 0.604. The molecule has 1 aliphatic rings. The van der Waals surface area contributed by atoms with Gasteiger partial charge in [-0.2, -0.15) is 0 Å². The van der Waals surface area contributed by atoms with E-state index in [-0.39, 0.29) is 0 Å². The Labute approximate surface area is 120 Å². The number of hydrogen-bond acceptors (Lipinski definition) is 3. The zero-order chi connectivity index (χ0) is 14.3. The molecule has 0 aromatic heterocycles. The van der Waals surface area contributed by atoms with Crippen molar-refractivity contribution in [3.8, 4) is 0 Å². The minimum Gasteiger partial charge on any atom is -0.329 e. The van der Waals surface area contributed by atoms with E-state index in [0.717, 1.165) is 31.5 Å². The molecule has 1 fully saturated rings. The van der Waals surface area contributed by atoms with Gasteiger partial charge in [0.25, 0.3) is 0 Å². The largest absolute Gasteiger partial charge is 0.329 e. The molecule has 0 aliphatic heterocycles. The van der Waals surface area contributed by atoms with Gasteiger partial charge in [0.05, 0.1) is 0 Å². The Morgan fingerprint density at radius 1 is 1.05 bits per heavy atom. The second-order valence-corrected chi connectivity index (χ2v) is 6.66. The summed E-state index contributed by atoms with van der Waals surface area (Å²) in [6.07, 6.45) is 6.78. The van der Waals surface area contributed by atoms with Gasteiger partial charge >= 0.3 is 0 Å². The number of rotatable bonds is 8. The van der Waals surface area contributed by atoms with E-state index in [4.69, 9.17) is 5.73 Å². The van der Waals surface area contributed by atoms with Crippen LogP contribution in [0.4, 0.5) is 0 Å². The molecule has 1 unspecified atom stereocenters. The average molecular weight is 269 g/mol. The van der Waals surface area contributed by atoms with E-state index in [1.807, 2.05) is 0 Å². The van der Waals surface area contributed by atoms with E-state index < -0.39 is 0 Å². The van der Waals surface area contributed by atoms with Crippen molar-refractivity contribution in [3.05, 3.63) is 0 Å². The Balaban J connectivity index is 2.56. The molecule has 0 radical (unpaired) electrons. The molecule has 0 spiro atoms. The summed E-state index contributed by atoms with van der Waals surface area (Å²) in [4.78, 5) is 4.93. The second kappa shape index (κ2) is 8.93. The molecule has 19 heavy (non-hydrogen) atoms. The van der Waals surface area contributed by atoms with Crippen LogP contribution in [0.3, 0.4) is 0 Å². The van der Waals surface area contributed by atoms with Crippen LogP contribution < -0.4 is 5.73 Å². The topological polar surface area (TPSA) is 32.5 Å². The van der Waals surface area contributed by atoms with E-state index in [2.05, 4.69) is 37.7 Å². The van der Waals surface area contributed by atoms with Crippen LogP contribution in [0.25, 0.3) is 0 Å². The highest BCUT2D eigenvalue weighted by atomic mass is 15.2. The maximum absolute atomic E-state index is 6.12. The number of likely N-dealkylation sites (N-methyl/N-ethyl adjacent to an activating group) is 1. The van der Waals surface area contributed by atoms with Crippen LogP contribution in [0.2, 0.25) is 0 Å². The standard InChI is InChI=1S/C16H35N3/c1-5-10-19(12-11-18(3)4)16(13-17)15-8-6-14(2)7-9-15/h14-16H,5-13,17H2,1-4H3. The van der Waals surface area contributed by atoms with E-state index in [1.165, 1.54) is 38.6 Å². The van der Waals surface area contributed by atoms with Crippen molar-refractivity contribution in [1.82, 2.24) is 9.80 Å². The molecule has 0 bridgehead atoms. The number of nitrogens with two attached hydrogens (primary N) is 1. The minimum atomic E-state index is 0.604. The first-order chi connectivity index (χ1) is 9.08. The van der Waals surface area contributed by atoms with E-state index >= 15 is 0 Å². The van der Waals surface area contributed by atoms with Gasteiger partial charge < -0.3 is 10.6 Å². The van der Waals surface area contributed by atoms with Crippen molar-refractivity contribution in [1.29, 1.82) is 0 Å². The molecule has 0 heterocycles. The third-order valence-corrected chi connectivity index (χ3v) is 4.66. The maximum atomic E-state index is 6.12. The fraction of sp³-hybridized carbons (Fsp3) is 1.00. The monoisotopic (exact) mass is 269 g/mol. The van der Waals surface area contributed by atoms with Crippen LogP contribution in [0.1, 0.15) is 46.0 Å². The molecule has 1 atom stereocenters. The molecule has 114 valence electrons. The quantitative estimate of drug-likeness (QED) is 0.734. The molecule has 0 aromatic carbocycles. The molecule has 0 aromatic rings. The molecule has 1 saturated carbocycles. The molecule has 0 saturated heterocycles. The number of nitrogens with zero attached hydrogens (tertiary/aromatic N) is 2. The third-order valence-electron chi connectivity index (χ3n) is 4.66. The average Bonchev–Trinajstić information content (AvgIpc) is 2.38. The normalized spacial score (nSPS) is 26.1. The molecule has 1 aliphatic carbocycles. The summed E-state index contributed by atoms with van der Waals surface area (Å²) in [5.41, 5.74) is 6.12. The van der Waals surface area contributed by atoms with Gasteiger partial charge in [0.15, 0.2) is 0 Å². The summed E-state index contributed by atoms with van der Waals surface area (Å²) in [5, 5.41) is 0. The van der Waals surface area contributed by atoms with Gasteiger partial charge in [-0.3, -0.25) is 4.90 Å². The van der Waals surface area contributed by atoms with Gasteiger partial charge in [-0.15, -0.1) is 0 Å². The first-order valence-electron chi connectivity index (χ1n) is 8.17. The zero-order valence-electron chi connectivity index (χ0n) is 13.6. The van der Waals surface area contributed by atoms with Crippen LogP contribution >= 0.6 is 0 Å². The van der Waals surface area contributed by atoms with Crippen LogP contribution in [-0.4, -0.2) is 56.1 Å². The fourth-order valence-electron chi connectivity index (χ4n) is 3.37. The lowest BCUT2D eigenvalue weighted by atomic mass is 9.78. The lowest BCUT2D eigenvalue weighted by Gasteiger charge is -2.39. The highest BCUT2D eigenvalue weighted by molar-refractivity contribution is 4.84. The second-order valence-electron chi connectivity index (χ2n) is 6.66. The Morgan fingerprint density at radius 2 is 1.68 bits per heavy atom. The zero-order valence-corrected chi connectivity index (χ0v) is 13.6. The smallest absolute Gasteiger partial charge is 0.0247 e. The Hall–Kier alpha value is -0.120. The first-order valence-corrected chi connectivity index (χ1v) is 8.17. The van der Waals surface area contributed by atoms with E-state index in [9.17, 15) is 0 Å². The molecule has 0 amide bonds. The molecule has 3 nitrogen and oxygen atoms in total. The molecule has 2 N–H and O–H groups in total. The van der Waals surface area contributed by atoms with Gasteiger partial charge in [0, 0.05) is 25.7 Å². The lowest BCUT2D eigenvalue weighted by molar-refractivity contribution is 0.104. The van der Waals surface area contributed by atoms with Crippen molar-refractivity contribution >= 4 is 0 Å². The minimum absolute atomic E-state index is 0.604. The van der Waals surface area contributed by atoms with Gasteiger partial charge in [-0.25, -0.2) is 0 Å². The third kappa shape index (κ3) is 5.80. The summed E-state index contributed by atoms with van der Waals surface area (Å²) >= 11 is 0. The van der Waals surface area contributed by atoms with E-state index in [1.54, 1.807) is 0 Å². The van der Waals surface area contributed by atoms with Gasteiger partial charge in [0.1, 0.15) is 0 Å². The fourth-order valence-corrected chi connectivity index (χ4v) is 3.37. The predicted octanol–water partition coefficient (Wildman–Crippen LogP) is 2.41. The summed E-state index contributed by atoms with van der Waals surface area (Å²) in [5.74, 6) is 1.76. The molecule has 3 heteroatoms. The highest BCUT2D eigenvalue weighted by Crippen LogP contribution is 2.32. The Bertz CT molecular complexity index is 222. The lowest BCUT2D eigenvalue weighted by Crippen LogP contribution is -2.49. The Morgan fingerprint density at radius 3 is 2.16 bits per heavy atom. The number of hydrogen-bond donors (Lipinski definition) is 1. The van der Waals surface area contributed by atoms with Gasteiger partial charge in [-0.05, 0) is 51.7 Å². The van der Waals surface area contributed by atoms with Crippen LogP contribution in [0.15, 0.2) is 0 Å². The van der Waals surface area contributed by atoms with Crippen LogP contribution in [0, 0.1) is 11.8 Å². The molecular formula is C16H35N3. The first kappa shape index (κ1) is 16.9. The van der Waals surface area contributed by atoms with Gasteiger partial charge in [-0.1, -0.05) is 26.7 Å². The highest BCUT2D eigenvalue weighted by Gasteiger charge is 2.28. The van der Waals surface area contributed by atoms with Crippen LogP contribution in [-0.2, 0) is 0 Å². The van der Waals surface area contributed by atoms with Crippen molar-refractivity contribution in [2.75, 3.05) is 40.3 Å². The molecule has 1 rings (SSSR count). The SMILES string of the molecule is CCCN(CCN(C)C)C(CN)C1CCC(C)CC1. The van der Waals surface area contributed by atoms with E-state index in [0.29, 0.717) is 6.04 Å². The Kier molecular flexibility index (Phi) is 7.96. The maximum Gasteiger partial charge on any atom is 0.0247 e.